The third kappa shape index (κ3) is 3.00. The van der Waals surface area contributed by atoms with Crippen molar-refractivity contribution in [1.82, 2.24) is 4.98 Å². The van der Waals surface area contributed by atoms with Gasteiger partial charge in [0.05, 0.1) is 5.52 Å². The van der Waals surface area contributed by atoms with Crippen LogP contribution >= 0.6 is 0 Å². The van der Waals surface area contributed by atoms with Crippen LogP contribution < -0.4 is 5.76 Å². The van der Waals surface area contributed by atoms with Gasteiger partial charge in [0, 0.05) is 5.56 Å². The minimum absolute atomic E-state index is 0.354. The van der Waals surface area contributed by atoms with Gasteiger partial charge in [-0.05, 0) is 62.5 Å². The van der Waals surface area contributed by atoms with Crippen molar-refractivity contribution in [2.45, 2.75) is 59.3 Å². The van der Waals surface area contributed by atoms with Crippen LogP contribution in [0.25, 0.3) is 11.1 Å². The molecule has 1 N–H and O–H groups in total. The van der Waals surface area contributed by atoms with Crippen molar-refractivity contribution in [3.63, 3.8) is 0 Å². The third-order valence-electron chi connectivity index (χ3n) is 5.25. The molecule has 1 aromatic carbocycles. The SMILES string of the molecule is CC(C)=C/C=C/[C@H](C)[C@H]1CC[C@H](C)c2c1cc(C)c1[nH]c(=O)oc21. The predicted octanol–water partition coefficient (Wildman–Crippen LogP) is 5.57. The number of H-pyrrole nitrogens is 1. The van der Waals surface area contributed by atoms with Crippen molar-refractivity contribution < 1.29 is 4.42 Å². The molecule has 3 nitrogen and oxygen atoms in total. The lowest BCUT2D eigenvalue weighted by atomic mass is 9.72. The van der Waals surface area contributed by atoms with Gasteiger partial charge in [0.15, 0.2) is 5.58 Å². The van der Waals surface area contributed by atoms with Crippen LogP contribution in [0.1, 0.15) is 69.1 Å². The Morgan fingerprint density at radius 1 is 1.38 bits per heavy atom. The quantitative estimate of drug-likeness (QED) is 0.750. The molecule has 3 atom stereocenters. The first-order chi connectivity index (χ1) is 11.4. The summed E-state index contributed by atoms with van der Waals surface area (Å²) in [4.78, 5) is 14.6. The van der Waals surface area contributed by atoms with Gasteiger partial charge in [-0.3, -0.25) is 4.98 Å². The zero-order chi connectivity index (χ0) is 17.4. The summed E-state index contributed by atoms with van der Waals surface area (Å²) in [6.07, 6.45) is 8.92. The largest absolute Gasteiger partial charge is 0.417 e. The number of benzene rings is 1. The lowest BCUT2D eigenvalue weighted by Gasteiger charge is -2.33. The van der Waals surface area contributed by atoms with Crippen LogP contribution in [0.3, 0.4) is 0 Å². The summed E-state index contributed by atoms with van der Waals surface area (Å²) in [6, 6.07) is 2.26. The Morgan fingerprint density at radius 3 is 2.83 bits per heavy atom. The second-order valence-electron chi connectivity index (χ2n) is 7.49. The highest BCUT2D eigenvalue weighted by atomic mass is 16.4. The predicted molar refractivity (Wildman–Crippen MR) is 99.7 cm³/mol. The van der Waals surface area contributed by atoms with Crippen molar-refractivity contribution in [1.29, 1.82) is 0 Å². The van der Waals surface area contributed by atoms with Crippen LogP contribution in [-0.2, 0) is 0 Å². The van der Waals surface area contributed by atoms with Gasteiger partial charge in [0.25, 0.3) is 0 Å². The van der Waals surface area contributed by atoms with Crippen LogP contribution in [0.4, 0.5) is 0 Å². The van der Waals surface area contributed by atoms with Crippen LogP contribution in [0, 0.1) is 12.8 Å². The molecule has 0 saturated carbocycles. The number of aromatic nitrogens is 1. The molecule has 3 heteroatoms. The Kier molecular flexibility index (Phi) is 4.53. The summed E-state index contributed by atoms with van der Waals surface area (Å²) in [5.41, 5.74) is 6.62. The lowest BCUT2D eigenvalue weighted by molar-refractivity contribution is 0.433. The van der Waals surface area contributed by atoms with E-state index in [2.05, 4.69) is 57.0 Å². The molecular formula is C21H27NO2. The van der Waals surface area contributed by atoms with E-state index in [0.29, 0.717) is 17.8 Å². The first-order valence-electron chi connectivity index (χ1n) is 8.86. The van der Waals surface area contributed by atoms with E-state index in [9.17, 15) is 4.79 Å². The maximum absolute atomic E-state index is 11.7. The molecule has 1 aliphatic rings. The number of aryl methyl sites for hydroxylation is 1. The first-order valence-corrected chi connectivity index (χ1v) is 8.86. The minimum Gasteiger partial charge on any atom is -0.408 e. The number of hydrogen-bond donors (Lipinski definition) is 1. The van der Waals surface area contributed by atoms with E-state index in [1.54, 1.807) is 0 Å². The van der Waals surface area contributed by atoms with E-state index in [1.807, 2.05) is 6.92 Å². The van der Waals surface area contributed by atoms with Gasteiger partial charge in [-0.1, -0.05) is 43.7 Å². The highest BCUT2D eigenvalue weighted by Crippen LogP contribution is 2.45. The van der Waals surface area contributed by atoms with Gasteiger partial charge in [-0.15, -0.1) is 0 Å². The Hall–Kier alpha value is -2.03. The molecule has 1 aliphatic carbocycles. The molecule has 0 bridgehead atoms. The summed E-state index contributed by atoms with van der Waals surface area (Å²) in [6.45, 7) is 10.8. The molecule has 0 spiro atoms. The zero-order valence-electron chi connectivity index (χ0n) is 15.3. The normalized spacial score (nSPS) is 21.9. The molecule has 0 amide bonds. The molecular weight excluding hydrogens is 298 g/mol. The van der Waals surface area contributed by atoms with Crippen molar-refractivity contribution in [3.8, 4) is 0 Å². The maximum Gasteiger partial charge on any atom is 0.417 e. The van der Waals surface area contributed by atoms with Crippen LogP contribution in [0.15, 0.2) is 39.1 Å². The molecule has 0 saturated heterocycles. The smallest absolute Gasteiger partial charge is 0.408 e. The lowest BCUT2D eigenvalue weighted by Crippen LogP contribution is -2.18. The molecule has 1 heterocycles. The number of oxazole rings is 1. The van der Waals surface area contributed by atoms with Gasteiger partial charge in [0.1, 0.15) is 0 Å². The Balaban J connectivity index is 2.09. The van der Waals surface area contributed by atoms with E-state index >= 15 is 0 Å². The van der Waals surface area contributed by atoms with E-state index in [0.717, 1.165) is 23.1 Å². The zero-order valence-corrected chi connectivity index (χ0v) is 15.3. The molecule has 2 aromatic rings. The fourth-order valence-electron chi connectivity index (χ4n) is 3.96. The van der Waals surface area contributed by atoms with E-state index in [1.165, 1.54) is 23.1 Å². The second kappa shape index (κ2) is 6.46. The van der Waals surface area contributed by atoms with E-state index < -0.39 is 0 Å². The molecule has 1 aromatic heterocycles. The number of aromatic amines is 1. The Labute approximate surface area is 143 Å². The van der Waals surface area contributed by atoms with Crippen LogP contribution in [0.2, 0.25) is 0 Å². The molecule has 3 rings (SSSR count). The fraction of sp³-hybridized carbons (Fsp3) is 0.476. The van der Waals surface area contributed by atoms with Crippen molar-refractivity contribution in [2.75, 3.05) is 0 Å². The van der Waals surface area contributed by atoms with Crippen molar-refractivity contribution in [2.24, 2.45) is 5.92 Å². The monoisotopic (exact) mass is 325 g/mol. The van der Waals surface area contributed by atoms with Gasteiger partial charge < -0.3 is 4.42 Å². The van der Waals surface area contributed by atoms with Crippen molar-refractivity contribution in [3.05, 3.63) is 57.1 Å². The minimum atomic E-state index is -0.354. The van der Waals surface area contributed by atoms with Crippen molar-refractivity contribution >= 4 is 11.1 Å². The number of rotatable bonds is 3. The number of nitrogens with one attached hydrogen (secondary N) is 1. The average molecular weight is 325 g/mol. The summed E-state index contributed by atoms with van der Waals surface area (Å²) in [5.74, 6) is 0.996. The second-order valence-corrected chi connectivity index (χ2v) is 7.49. The van der Waals surface area contributed by atoms with Gasteiger partial charge >= 0.3 is 5.76 Å². The van der Waals surface area contributed by atoms with Crippen LogP contribution in [-0.4, -0.2) is 4.98 Å². The summed E-state index contributed by atoms with van der Waals surface area (Å²) in [7, 11) is 0. The first kappa shape index (κ1) is 16.8. The van der Waals surface area contributed by atoms with E-state index in [-0.39, 0.29) is 5.76 Å². The van der Waals surface area contributed by atoms with E-state index in [4.69, 9.17) is 4.42 Å². The molecule has 0 fully saturated rings. The molecule has 0 radical (unpaired) electrons. The number of hydrogen-bond acceptors (Lipinski definition) is 2. The summed E-state index contributed by atoms with van der Waals surface area (Å²) in [5, 5.41) is 0. The highest BCUT2D eigenvalue weighted by Gasteiger charge is 2.31. The van der Waals surface area contributed by atoms with Crippen LogP contribution in [0.5, 0.6) is 0 Å². The maximum atomic E-state index is 11.7. The Bertz CT molecular complexity index is 862. The number of allylic oxidation sites excluding steroid dienone is 4. The molecule has 0 unspecified atom stereocenters. The topological polar surface area (TPSA) is 46.0 Å². The molecule has 128 valence electrons. The van der Waals surface area contributed by atoms with Gasteiger partial charge in [-0.25, -0.2) is 4.79 Å². The summed E-state index contributed by atoms with van der Waals surface area (Å²) < 4.78 is 5.52. The fourth-order valence-corrected chi connectivity index (χ4v) is 3.96. The van der Waals surface area contributed by atoms with Gasteiger partial charge in [-0.2, -0.15) is 0 Å². The standard InChI is InChI=1S/C21H27NO2/c1-12(2)7-6-8-13(3)16-10-9-14(4)18-17(16)11-15(5)19-20(18)24-21(23)22-19/h6-8,11,13-14,16H,9-10H2,1-5H3,(H,22,23)/b8-6+/t13-,14-,16+/m0/s1. The Morgan fingerprint density at radius 2 is 2.12 bits per heavy atom. The summed E-state index contributed by atoms with van der Waals surface area (Å²) >= 11 is 0. The number of fused-ring (bicyclic) bond motifs is 3. The highest BCUT2D eigenvalue weighted by molar-refractivity contribution is 5.82. The average Bonchev–Trinajstić information content (AvgIpc) is 2.89. The molecule has 24 heavy (non-hydrogen) atoms. The van der Waals surface area contributed by atoms with Gasteiger partial charge in [0.2, 0.25) is 0 Å². The third-order valence-corrected chi connectivity index (χ3v) is 5.25. The molecule has 0 aliphatic heterocycles.